The van der Waals surface area contributed by atoms with Gasteiger partial charge in [0, 0.05) is 38.1 Å². The molecule has 1 aliphatic carbocycles. The van der Waals surface area contributed by atoms with E-state index in [1.54, 1.807) is 0 Å². The highest BCUT2D eigenvalue weighted by molar-refractivity contribution is 5.76. The van der Waals surface area contributed by atoms with Crippen LogP contribution in [0, 0.1) is 5.92 Å². The van der Waals surface area contributed by atoms with Gasteiger partial charge in [-0.3, -0.25) is 14.7 Å². The largest absolute Gasteiger partial charge is 0.369 e. The molecule has 2 fully saturated rings. The van der Waals surface area contributed by atoms with E-state index >= 15 is 0 Å². The van der Waals surface area contributed by atoms with Gasteiger partial charge in [-0.15, -0.1) is 0 Å². The van der Waals surface area contributed by atoms with Gasteiger partial charge >= 0.3 is 0 Å². The quantitative estimate of drug-likeness (QED) is 0.777. The number of amides is 1. The maximum Gasteiger partial charge on any atom is 0.221 e. The van der Waals surface area contributed by atoms with E-state index in [0.29, 0.717) is 12.0 Å². The van der Waals surface area contributed by atoms with Crippen LogP contribution in [0.4, 0.5) is 0 Å². The fraction of sp³-hybridized carbons (Fsp3) is 0.478. The van der Waals surface area contributed by atoms with Gasteiger partial charge in [0.1, 0.15) is 0 Å². The zero-order chi connectivity index (χ0) is 19.3. The van der Waals surface area contributed by atoms with Crippen molar-refractivity contribution in [2.75, 3.05) is 13.1 Å². The van der Waals surface area contributed by atoms with Crippen molar-refractivity contribution >= 4 is 5.91 Å². The number of aromatic nitrogens is 1. The molecule has 3 N–H and O–H groups in total. The second kappa shape index (κ2) is 8.84. The molecule has 2 aromatic rings. The fourth-order valence-electron chi connectivity index (χ4n) is 4.48. The van der Waals surface area contributed by atoms with E-state index in [4.69, 9.17) is 5.73 Å². The molecule has 4 rings (SSSR count). The van der Waals surface area contributed by atoms with E-state index in [0.717, 1.165) is 39.0 Å². The first kappa shape index (κ1) is 19.1. The van der Waals surface area contributed by atoms with Crippen molar-refractivity contribution in [3.05, 3.63) is 65.5 Å². The van der Waals surface area contributed by atoms with Gasteiger partial charge in [0.25, 0.3) is 0 Å². The maximum absolute atomic E-state index is 11.5. The SMILES string of the molecule is NC(=O)C1CCCN(Cc2cccc(CNC3CC(c4ccncc4)C3)c2)C1. The van der Waals surface area contributed by atoms with Crippen molar-refractivity contribution in [1.82, 2.24) is 15.2 Å². The molecule has 1 aromatic carbocycles. The average molecular weight is 379 g/mol. The molecule has 1 unspecified atom stereocenters. The lowest BCUT2D eigenvalue weighted by atomic mass is 9.76. The molecule has 0 bridgehead atoms. The summed E-state index contributed by atoms with van der Waals surface area (Å²) in [7, 11) is 0. The predicted octanol–water partition coefficient (Wildman–Crippen LogP) is 2.81. The Bertz CT molecular complexity index is 788. The number of primary amides is 1. The Morgan fingerprint density at radius 1 is 1.18 bits per heavy atom. The molecule has 0 radical (unpaired) electrons. The molecule has 1 saturated carbocycles. The summed E-state index contributed by atoms with van der Waals surface area (Å²) in [6.45, 7) is 3.64. The molecule has 1 aromatic heterocycles. The second-order valence-corrected chi connectivity index (χ2v) is 8.32. The number of nitrogens with two attached hydrogens (primary N) is 1. The first-order chi connectivity index (χ1) is 13.7. The molecule has 1 atom stereocenters. The van der Waals surface area contributed by atoms with E-state index in [1.165, 1.54) is 29.5 Å². The summed E-state index contributed by atoms with van der Waals surface area (Å²) in [6, 6.07) is 13.7. The number of pyridine rings is 1. The van der Waals surface area contributed by atoms with Crippen molar-refractivity contribution < 1.29 is 4.79 Å². The second-order valence-electron chi connectivity index (χ2n) is 8.32. The van der Waals surface area contributed by atoms with Gasteiger partial charge in [-0.25, -0.2) is 0 Å². The van der Waals surface area contributed by atoms with Gasteiger partial charge in [-0.05, 0) is 67.0 Å². The lowest BCUT2D eigenvalue weighted by molar-refractivity contribution is -0.123. The Labute approximate surface area is 167 Å². The van der Waals surface area contributed by atoms with Crippen LogP contribution in [-0.2, 0) is 17.9 Å². The number of piperidine rings is 1. The number of carbonyl (C=O) groups excluding carboxylic acids is 1. The number of nitrogens with zero attached hydrogens (tertiary/aromatic N) is 2. The first-order valence-corrected chi connectivity index (χ1v) is 10.4. The average Bonchev–Trinajstić information content (AvgIpc) is 2.68. The van der Waals surface area contributed by atoms with Crippen molar-refractivity contribution in [2.45, 2.75) is 50.7 Å². The lowest BCUT2D eigenvalue weighted by Crippen LogP contribution is -2.40. The molecule has 1 amide bonds. The minimum Gasteiger partial charge on any atom is -0.369 e. The number of hydrogen-bond donors (Lipinski definition) is 2. The third-order valence-corrected chi connectivity index (χ3v) is 6.22. The van der Waals surface area contributed by atoms with Gasteiger partial charge in [0.15, 0.2) is 0 Å². The zero-order valence-electron chi connectivity index (χ0n) is 16.4. The normalized spacial score (nSPS) is 25.2. The molecular weight excluding hydrogens is 348 g/mol. The summed E-state index contributed by atoms with van der Waals surface area (Å²) in [5.41, 5.74) is 9.55. The monoisotopic (exact) mass is 378 g/mol. The molecule has 2 heterocycles. The number of benzene rings is 1. The van der Waals surface area contributed by atoms with Crippen LogP contribution in [0.15, 0.2) is 48.8 Å². The Morgan fingerprint density at radius 2 is 1.96 bits per heavy atom. The highest BCUT2D eigenvalue weighted by Gasteiger charge is 2.29. The van der Waals surface area contributed by atoms with E-state index < -0.39 is 0 Å². The lowest BCUT2D eigenvalue weighted by Gasteiger charge is -2.36. The minimum absolute atomic E-state index is 0.00515. The van der Waals surface area contributed by atoms with E-state index in [-0.39, 0.29) is 11.8 Å². The standard InChI is InChI=1S/C23H30N4O/c24-23(28)20-5-2-10-27(16-20)15-18-4-1-3-17(11-18)14-26-22-12-21(13-22)19-6-8-25-9-7-19/h1,3-4,6-9,11,20-22,26H,2,5,10,12-16H2,(H2,24,28). The van der Waals surface area contributed by atoms with Gasteiger partial charge < -0.3 is 11.1 Å². The number of carbonyl (C=O) groups is 1. The fourth-order valence-corrected chi connectivity index (χ4v) is 4.48. The molecule has 0 spiro atoms. The van der Waals surface area contributed by atoms with E-state index in [2.05, 4.69) is 51.6 Å². The topological polar surface area (TPSA) is 71.2 Å². The number of likely N-dealkylation sites (tertiary alicyclic amines) is 1. The Balaban J connectivity index is 1.25. The summed E-state index contributed by atoms with van der Waals surface area (Å²) < 4.78 is 0. The molecule has 2 aliphatic rings. The zero-order valence-corrected chi connectivity index (χ0v) is 16.4. The van der Waals surface area contributed by atoms with Crippen molar-refractivity contribution in [1.29, 1.82) is 0 Å². The molecule has 1 saturated heterocycles. The van der Waals surface area contributed by atoms with Crippen LogP contribution in [0.5, 0.6) is 0 Å². The Kier molecular flexibility index (Phi) is 6.03. The van der Waals surface area contributed by atoms with Crippen LogP contribution in [0.2, 0.25) is 0 Å². The smallest absolute Gasteiger partial charge is 0.221 e. The highest BCUT2D eigenvalue weighted by Crippen LogP contribution is 2.36. The van der Waals surface area contributed by atoms with Gasteiger partial charge in [-0.1, -0.05) is 24.3 Å². The Morgan fingerprint density at radius 3 is 2.75 bits per heavy atom. The molecule has 148 valence electrons. The van der Waals surface area contributed by atoms with E-state index in [9.17, 15) is 4.79 Å². The summed E-state index contributed by atoms with van der Waals surface area (Å²) in [6.07, 6.45) is 8.15. The number of nitrogens with one attached hydrogen (secondary N) is 1. The van der Waals surface area contributed by atoms with Crippen molar-refractivity contribution in [3.63, 3.8) is 0 Å². The van der Waals surface area contributed by atoms with Crippen LogP contribution < -0.4 is 11.1 Å². The summed E-state index contributed by atoms with van der Waals surface area (Å²) >= 11 is 0. The molecular formula is C23H30N4O. The van der Waals surface area contributed by atoms with Gasteiger partial charge in [0.05, 0.1) is 5.92 Å². The molecule has 1 aliphatic heterocycles. The number of rotatable bonds is 7. The van der Waals surface area contributed by atoms with Crippen LogP contribution in [0.3, 0.4) is 0 Å². The summed E-state index contributed by atoms with van der Waals surface area (Å²) in [4.78, 5) is 17.9. The summed E-state index contributed by atoms with van der Waals surface area (Å²) in [5.74, 6) is 0.517. The molecule has 5 nitrogen and oxygen atoms in total. The highest BCUT2D eigenvalue weighted by atomic mass is 16.1. The van der Waals surface area contributed by atoms with Crippen molar-refractivity contribution in [3.8, 4) is 0 Å². The first-order valence-electron chi connectivity index (χ1n) is 10.4. The van der Waals surface area contributed by atoms with Crippen LogP contribution in [0.1, 0.15) is 48.3 Å². The third-order valence-electron chi connectivity index (χ3n) is 6.22. The van der Waals surface area contributed by atoms with Crippen LogP contribution >= 0.6 is 0 Å². The number of hydrogen-bond acceptors (Lipinski definition) is 4. The Hall–Kier alpha value is -2.24. The predicted molar refractivity (Wildman–Crippen MR) is 110 cm³/mol. The van der Waals surface area contributed by atoms with Crippen LogP contribution in [0.25, 0.3) is 0 Å². The third kappa shape index (κ3) is 4.78. The van der Waals surface area contributed by atoms with Gasteiger partial charge in [0.2, 0.25) is 5.91 Å². The molecule has 28 heavy (non-hydrogen) atoms. The maximum atomic E-state index is 11.5. The van der Waals surface area contributed by atoms with Crippen molar-refractivity contribution in [2.24, 2.45) is 11.7 Å². The van der Waals surface area contributed by atoms with Gasteiger partial charge in [-0.2, -0.15) is 0 Å². The summed E-state index contributed by atoms with van der Waals surface area (Å²) in [5, 5.41) is 3.70. The van der Waals surface area contributed by atoms with E-state index in [1.807, 2.05) is 12.4 Å². The van der Waals surface area contributed by atoms with Crippen LogP contribution in [-0.4, -0.2) is 34.9 Å². The minimum atomic E-state index is -0.159. The molecule has 5 heteroatoms.